The van der Waals surface area contributed by atoms with Crippen LogP contribution in [-0.2, 0) is 6.54 Å². The number of halogens is 1. The second kappa shape index (κ2) is 6.78. The molecule has 16 heavy (non-hydrogen) atoms. The predicted molar refractivity (Wildman–Crippen MR) is 66.6 cm³/mol. The number of nitrogens with one attached hydrogen (secondary N) is 1. The number of nitrogens with zero attached hydrogens (tertiary/aromatic N) is 3. The maximum atomic E-state index is 4.29. The molecule has 1 aromatic heterocycles. The third-order valence-electron chi connectivity index (χ3n) is 2.92. The largest absolute Gasteiger partial charge is 0.315 e. The summed E-state index contributed by atoms with van der Waals surface area (Å²) in [6.07, 6.45) is 7.86. The highest BCUT2D eigenvalue weighted by Crippen LogP contribution is 2.10. The highest BCUT2D eigenvalue weighted by molar-refractivity contribution is 5.85. The van der Waals surface area contributed by atoms with E-state index in [2.05, 4.69) is 27.2 Å². The number of likely N-dealkylation sites (N-methyl/N-ethyl adjacent to an activating group) is 1. The van der Waals surface area contributed by atoms with E-state index in [0.29, 0.717) is 6.04 Å². The Morgan fingerprint density at radius 1 is 1.50 bits per heavy atom. The SMILES string of the molecule is CN(Cc1cnccn1)[C@H]1CCCNC1.Cl. The molecule has 1 aliphatic heterocycles. The normalized spacial score (nSPS) is 20.5. The number of rotatable bonds is 3. The molecule has 0 aliphatic carbocycles. The lowest BCUT2D eigenvalue weighted by atomic mass is 10.1. The van der Waals surface area contributed by atoms with Crippen molar-refractivity contribution in [1.29, 1.82) is 0 Å². The van der Waals surface area contributed by atoms with E-state index >= 15 is 0 Å². The molecular weight excluding hydrogens is 224 g/mol. The number of hydrogen-bond acceptors (Lipinski definition) is 4. The molecular formula is C11H19ClN4. The molecule has 0 spiro atoms. The van der Waals surface area contributed by atoms with Crippen molar-refractivity contribution < 1.29 is 0 Å². The monoisotopic (exact) mass is 242 g/mol. The lowest BCUT2D eigenvalue weighted by Crippen LogP contribution is -2.43. The third kappa shape index (κ3) is 3.70. The Hall–Kier alpha value is -0.710. The van der Waals surface area contributed by atoms with Crippen LogP contribution in [-0.4, -0.2) is 41.0 Å². The van der Waals surface area contributed by atoms with Gasteiger partial charge in [-0.25, -0.2) is 0 Å². The van der Waals surface area contributed by atoms with Crippen molar-refractivity contribution in [3.8, 4) is 0 Å². The molecule has 0 saturated carbocycles. The van der Waals surface area contributed by atoms with Crippen LogP contribution in [0.4, 0.5) is 0 Å². The molecule has 2 rings (SSSR count). The van der Waals surface area contributed by atoms with Gasteiger partial charge in [-0.15, -0.1) is 12.4 Å². The van der Waals surface area contributed by atoms with Gasteiger partial charge < -0.3 is 5.32 Å². The zero-order chi connectivity index (χ0) is 10.5. The molecule has 2 heterocycles. The Bertz CT molecular complexity index is 287. The summed E-state index contributed by atoms with van der Waals surface area (Å²) in [5.74, 6) is 0. The fourth-order valence-corrected chi connectivity index (χ4v) is 2.01. The second-order valence-electron chi connectivity index (χ2n) is 4.11. The van der Waals surface area contributed by atoms with Crippen molar-refractivity contribution in [2.24, 2.45) is 0 Å². The molecule has 1 saturated heterocycles. The summed E-state index contributed by atoms with van der Waals surface area (Å²) in [5, 5.41) is 3.42. The molecule has 0 radical (unpaired) electrons. The minimum absolute atomic E-state index is 0. The van der Waals surface area contributed by atoms with Crippen LogP contribution in [0.5, 0.6) is 0 Å². The van der Waals surface area contributed by atoms with Crippen molar-refractivity contribution in [2.75, 3.05) is 20.1 Å². The van der Waals surface area contributed by atoms with Gasteiger partial charge in [0.1, 0.15) is 0 Å². The minimum atomic E-state index is 0. The molecule has 90 valence electrons. The second-order valence-corrected chi connectivity index (χ2v) is 4.11. The van der Waals surface area contributed by atoms with Crippen LogP contribution in [0.2, 0.25) is 0 Å². The zero-order valence-corrected chi connectivity index (χ0v) is 10.4. The van der Waals surface area contributed by atoms with Crippen LogP contribution in [0.3, 0.4) is 0 Å². The first-order valence-electron chi connectivity index (χ1n) is 5.52. The zero-order valence-electron chi connectivity index (χ0n) is 9.59. The summed E-state index contributed by atoms with van der Waals surface area (Å²) in [6, 6.07) is 0.640. The van der Waals surface area contributed by atoms with Crippen molar-refractivity contribution in [3.63, 3.8) is 0 Å². The lowest BCUT2D eigenvalue weighted by molar-refractivity contribution is 0.194. The molecule has 0 bridgehead atoms. The van der Waals surface area contributed by atoms with Gasteiger partial charge in [0.05, 0.1) is 5.69 Å². The maximum absolute atomic E-state index is 4.29. The van der Waals surface area contributed by atoms with Crippen molar-refractivity contribution in [3.05, 3.63) is 24.3 Å². The van der Waals surface area contributed by atoms with Gasteiger partial charge in [0.15, 0.2) is 0 Å². The van der Waals surface area contributed by atoms with Gasteiger partial charge in [-0.2, -0.15) is 0 Å². The van der Waals surface area contributed by atoms with Gasteiger partial charge in [-0.3, -0.25) is 14.9 Å². The Morgan fingerprint density at radius 2 is 2.38 bits per heavy atom. The maximum Gasteiger partial charge on any atom is 0.0726 e. The molecule has 0 amide bonds. The predicted octanol–water partition coefficient (Wildman–Crippen LogP) is 1.08. The van der Waals surface area contributed by atoms with Crippen LogP contribution in [0.15, 0.2) is 18.6 Å². The summed E-state index contributed by atoms with van der Waals surface area (Å²) in [4.78, 5) is 10.7. The van der Waals surface area contributed by atoms with Gasteiger partial charge in [0, 0.05) is 37.7 Å². The van der Waals surface area contributed by atoms with E-state index in [1.807, 2.05) is 6.20 Å². The molecule has 0 unspecified atom stereocenters. The van der Waals surface area contributed by atoms with Crippen LogP contribution in [0.1, 0.15) is 18.5 Å². The Labute approximate surface area is 103 Å². The molecule has 1 N–H and O–H groups in total. The van der Waals surface area contributed by atoms with E-state index in [-0.39, 0.29) is 12.4 Å². The Balaban J connectivity index is 0.00000128. The summed E-state index contributed by atoms with van der Waals surface area (Å²) in [5.41, 5.74) is 1.05. The summed E-state index contributed by atoms with van der Waals surface area (Å²) < 4.78 is 0. The summed E-state index contributed by atoms with van der Waals surface area (Å²) in [7, 11) is 2.16. The van der Waals surface area contributed by atoms with E-state index in [0.717, 1.165) is 25.3 Å². The molecule has 5 heteroatoms. The Morgan fingerprint density at radius 3 is 3.00 bits per heavy atom. The average Bonchev–Trinajstić information content (AvgIpc) is 2.31. The van der Waals surface area contributed by atoms with Gasteiger partial charge in [0.25, 0.3) is 0 Å². The quantitative estimate of drug-likeness (QED) is 0.862. The molecule has 1 aliphatic rings. The molecule has 1 fully saturated rings. The van der Waals surface area contributed by atoms with Crippen molar-refractivity contribution in [2.45, 2.75) is 25.4 Å². The van der Waals surface area contributed by atoms with Crippen molar-refractivity contribution in [1.82, 2.24) is 20.2 Å². The van der Waals surface area contributed by atoms with Crippen LogP contribution < -0.4 is 5.32 Å². The highest BCUT2D eigenvalue weighted by Gasteiger charge is 2.17. The van der Waals surface area contributed by atoms with E-state index in [1.54, 1.807) is 12.4 Å². The van der Waals surface area contributed by atoms with E-state index in [4.69, 9.17) is 0 Å². The van der Waals surface area contributed by atoms with Gasteiger partial charge in [-0.1, -0.05) is 0 Å². The fourth-order valence-electron chi connectivity index (χ4n) is 2.01. The van der Waals surface area contributed by atoms with Crippen LogP contribution in [0, 0.1) is 0 Å². The van der Waals surface area contributed by atoms with Gasteiger partial charge >= 0.3 is 0 Å². The molecule has 1 atom stereocenters. The summed E-state index contributed by atoms with van der Waals surface area (Å²) >= 11 is 0. The summed E-state index contributed by atoms with van der Waals surface area (Å²) in [6.45, 7) is 3.15. The Kier molecular flexibility index (Phi) is 5.66. The lowest BCUT2D eigenvalue weighted by Gasteiger charge is -2.31. The van der Waals surface area contributed by atoms with Crippen molar-refractivity contribution >= 4 is 12.4 Å². The average molecular weight is 243 g/mol. The smallest absolute Gasteiger partial charge is 0.0726 e. The van der Waals surface area contributed by atoms with Gasteiger partial charge in [-0.05, 0) is 26.4 Å². The topological polar surface area (TPSA) is 41.1 Å². The standard InChI is InChI=1S/C11H18N4.ClH/c1-15(11-3-2-4-12-8-11)9-10-7-13-5-6-14-10;/h5-7,11-12H,2-4,8-9H2,1H3;1H/t11-;/m0./s1. The van der Waals surface area contributed by atoms with E-state index in [1.165, 1.54) is 12.8 Å². The van der Waals surface area contributed by atoms with E-state index in [9.17, 15) is 0 Å². The molecule has 4 nitrogen and oxygen atoms in total. The van der Waals surface area contributed by atoms with Gasteiger partial charge in [0.2, 0.25) is 0 Å². The first-order chi connectivity index (χ1) is 7.36. The first-order valence-corrected chi connectivity index (χ1v) is 5.52. The fraction of sp³-hybridized carbons (Fsp3) is 0.636. The molecule has 1 aromatic rings. The number of aromatic nitrogens is 2. The van der Waals surface area contributed by atoms with Crippen LogP contribution in [0.25, 0.3) is 0 Å². The first kappa shape index (κ1) is 13.4. The highest BCUT2D eigenvalue weighted by atomic mass is 35.5. The van der Waals surface area contributed by atoms with Crippen LogP contribution >= 0.6 is 12.4 Å². The third-order valence-corrected chi connectivity index (χ3v) is 2.92. The van der Waals surface area contributed by atoms with E-state index < -0.39 is 0 Å². The number of hydrogen-bond donors (Lipinski definition) is 1. The number of piperidine rings is 1. The molecule has 0 aromatic carbocycles. The minimum Gasteiger partial charge on any atom is -0.315 e.